The molecule has 0 aliphatic heterocycles. The molecule has 0 bridgehead atoms. The van der Waals surface area contributed by atoms with Gasteiger partial charge in [0.25, 0.3) is 0 Å². The van der Waals surface area contributed by atoms with Crippen LogP contribution in [0.3, 0.4) is 0 Å². The van der Waals surface area contributed by atoms with Crippen LogP contribution in [-0.4, -0.2) is 21.0 Å². The lowest BCUT2D eigenvalue weighted by atomic mass is 10.1. The van der Waals surface area contributed by atoms with E-state index in [2.05, 4.69) is 9.97 Å². The molecule has 1 aromatic rings. The van der Waals surface area contributed by atoms with E-state index < -0.39 is 5.97 Å². The molecule has 18 heavy (non-hydrogen) atoms. The minimum absolute atomic E-state index is 0.313. The van der Waals surface area contributed by atoms with Crippen LogP contribution in [0.5, 0.6) is 0 Å². The van der Waals surface area contributed by atoms with Gasteiger partial charge < -0.3 is 5.11 Å². The smallest absolute Gasteiger partial charge is 0.303 e. The lowest BCUT2D eigenvalue weighted by Gasteiger charge is -2.01. The molecule has 1 heterocycles. The van der Waals surface area contributed by atoms with Gasteiger partial charge in [-0.25, -0.2) is 9.97 Å². The summed E-state index contributed by atoms with van der Waals surface area (Å²) in [4.78, 5) is 18.3. The Hall–Kier alpha value is -1.45. The third-order valence-electron chi connectivity index (χ3n) is 2.97. The highest BCUT2D eigenvalue weighted by Gasteiger charge is 1.97. The molecule has 0 atom stereocenters. The second-order valence-corrected chi connectivity index (χ2v) is 4.62. The van der Waals surface area contributed by atoms with E-state index in [0.717, 1.165) is 25.7 Å². The van der Waals surface area contributed by atoms with E-state index >= 15 is 0 Å². The Balaban J connectivity index is 1.86. The Morgan fingerprint density at radius 1 is 0.944 bits per heavy atom. The van der Waals surface area contributed by atoms with Crippen LogP contribution in [0, 0.1) is 0 Å². The van der Waals surface area contributed by atoms with E-state index in [1.54, 1.807) is 6.33 Å². The zero-order chi connectivity index (χ0) is 13.1. The van der Waals surface area contributed by atoms with Gasteiger partial charge in [0.2, 0.25) is 0 Å². The first-order chi connectivity index (χ1) is 8.79. The Bertz CT molecular complexity index is 328. The van der Waals surface area contributed by atoms with Gasteiger partial charge in [-0.3, -0.25) is 4.79 Å². The van der Waals surface area contributed by atoms with Crippen LogP contribution in [0.1, 0.15) is 56.9 Å². The first kappa shape index (κ1) is 14.6. The van der Waals surface area contributed by atoms with Gasteiger partial charge in [0.05, 0.1) is 0 Å². The number of hydrogen-bond acceptors (Lipinski definition) is 3. The molecule has 0 unspecified atom stereocenters. The number of hydrogen-bond donors (Lipinski definition) is 1. The van der Waals surface area contributed by atoms with E-state index in [1.165, 1.54) is 31.2 Å². The molecule has 0 saturated carbocycles. The van der Waals surface area contributed by atoms with Crippen LogP contribution in [-0.2, 0) is 11.2 Å². The first-order valence-corrected chi connectivity index (χ1v) is 6.74. The minimum atomic E-state index is -0.680. The molecule has 0 aliphatic rings. The number of unbranched alkanes of at least 4 members (excludes halogenated alkanes) is 6. The van der Waals surface area contributed by atoms with Crippen molar-refractivity contribution < 1.29 is 9.90 Å². The fourth-order valence-corrected chi connectivity index (χ4v) is 1.95. The fourth-order valence-electron chi connectivity index (χ4n) is 1.95. The summed E-state index contributed by atoms with van der Waals surface area (Å²) >= 11 is 0. The summed E-state index contributed by atoms with van der Waals surface area (Å²) in [5.41, 5.74) is 1.21. The molecule has 100 valence electrons. The molecular formula is C14H22N2O2. The number of nitrogens with zero attached hydrogens (tertiary/aromatic N) is 2. The van der Waals surface area contributed by atoms with Crippen molar-refractivity contribution in [3.05, 3.63) is 24.3 Å². The Morgan fingerprint density at radius 3 is 2.11 bits per heavy atom. The number of aliphatic carboxylic acids is 1. The molecule has 0 saturated heterocycles. The molecule has 1 N–H and O–H groups in total. The highest BCUT2D eigenvalue weighted by Crippen LogP contribution is 2.10. The van der Waals surface area contributed by atoms with Gasteiger partial charge in [-0.1, -0.05) is 32.1 Å². The second-order valence-electron chi connectivity index (χ2n) is 4.62. The van der Waals surface area contributed by atoms with Crippen molar-refractivity contribution in [2.75, 3.05) is 0 Å². The van der Waals surface area contributed by atoms with E-state index in [-0.39, 0.29) is 0 Å². The van der Waals surface area contributed by atoms with Crippen LogP contribution in [0.25, 0.3) is 0 Å². The topological polar surface area (TPSA) is 63.1 Å². The van der Waals surface area contributed by atoms with Crippen LogP contribution in [0.4, 0.5) is 0 Å². The summed E-state index contributed by atoms with van der Waals surface area (Å²) in [6.07, 6.45) is 14.5. The van der Waals surface area contributed by atoms with Gasteiger partial charge in [-0.2, -0.15) is 0 Å². The van der Waals surface area contributed by atoms with Crippen LogP contribution >= 0.6 is 0 Å². The third-order valence-corrected chi connectivity index (χ3v) is 2.97. The van der Waals surface area contributed by atoms with Crippen LogP contribution < -0.4 is 0 Å². The first-order valence-electron chi connectivity index (χ1n) is 6.74. The van der Waals surface area contributed by atoms with Crippen molar-refractivity contribution in [2.45, 2.75) is 57.8 Å². The minimum Gasteiger partial charge on any atom is -0.481 e. The molecule has 1 aromatic heterocycles. The summed E-state index contributed by atoms with van der Waals surface area (Å²) in [6, 6.07) is 0. The van der Waals surface area contributed by atoms with E-state index in [1.807, 2.05) is 12.4 Å². The average molecular weight is 250 g/mol. The Kier molecular flexibility index (Phi) is 7.77. The maximum Gasteiger partial charge on any atom is 0.303 e. The number of aryl methyl sites for hydroxylation is 1. The SMILES string of the molecule is O=C(O)CCCCCCCCCc1cncnc1. The predicted molar refractivity (Wildman–Crippen MR) is 70.3 cm³/mol. The largest absolute Gasteiger partial charge is 0.481 e. The molecule has 0 amide bonds. The number of carboxylic acid groups (broad SMARTS) is 1. The normalized spacial score (nSPS) is 10.4. The zero-order valence-corrected chi connectivity index (χ0v) is 10.8. The average Bonchev–Trinajstić information content (AvgIpc) is 2.37. The monoisotopic (exact) mass is 250 g/mol. The lowest BCUT2D eigenvalue weighted by Crippen LogP contribution is -1.93. The highest BCUT2D eigenvalue weighted by atomic mass is 16.4. The lowest BCUT2D eigenvalue weighted by molar-refractivity contribution is -0.137. The molecule has 0 spiro atoms. The Labute approximate surface area is 108 Å². The molecule has 0 aliphatic carbocycles. The van der Waals surface area contributed by atoms with Crippen molar-refractivity contribution in [3.63, 3.8) is 0 Å². The molecule has 0 fully saturated rings. The molecule has 0 aromatic carbocycles. The highest BCUT2D eigenvalue weighted by molar-refractivity contribution is 5.66. The van der Waals surface area contributed by atoms with Crippen molar-refractivity contribution in [1.82, 2.24) is 9.97 Å². The predicted octanol–water partition coefficient (Wildman–Crippen LogP) is 3.22. The van der Waals surface area contributed by atoms with Crippen molar-refractivity contribution >= 4 is 5.97 Å². The van der Waals surface area contributed by atoms with Gasteiger partial charge >= 0.3 is 5.97 Å². The summed E-state index contributed by atoms with van der Waals surface area (Å²) in [5, 5.41) is 8.48. The standard InChI is InChI=1S/C14H22N2O2/c17-14(18)9-7-5-3-1-2-4-6-8-13-10-15-12-16-11-13/h10-12H,1-9H2,(H,17,18). The number of carbonyl (C=O) groups is 1. The maximum absolute atomic E-state index is 10.3. The fraction of sp³-hybridized carbons (Fsp3) is 0.643. The van der Waals surface area contributed by atoms with Gasteiger partial charge in [0, 0.05) is 18.8 Å². The van der Waals surface area contributed by atoms with Crippen molar-refractivity contribution in [3.8, 4) is 0 Å². The number of aromatic nitrogens is 2. The summed E-state index contributed by atoms with van der Waals surface area (Å²) in [5.74, 6) is -0.680. The molecule has 4 heteroatoms. The summed E-state index contributed by atoms with van der Waals surface area (Å²) in [6.45, 7) is 0. The van der Waals surface area contributed by atoms with Crippen LogP contribution in [0.15, 0.2) is 18.7 Å². The van der Waals surface area contributed by atoms with Gasteiger partial charge in [-0.05, 0) is 24.8 Å². The van der Waals surface area contributed by atoms with E-state index in [9.17, 15) is 4.79 Å². The number of carboxylic acids is 1. The second kappa shape index (κ2) is 9.57. The van der Waals surface area contributed by atoms with Gasteiger partial charge in [-0.15, -0.1) is 0 Å². The summed E-state index contributed by atoms with van der Waals surface area (Å²) in [7, 11) is 0. The molecule has 0 radical (unpaired) electrons. The Morgan fingerprint density at radius 2 is 1.50 bits per heavy atom. The van der Waals surface area contributed by atoms with Crippen molar-refractivity contribution in [1.29, 1.82) is 0 Å². The molecule has 1 rings (SSSR count). The number of rotatable bonds is 10. The molecular weight excluding hydrogens is 228 g/mol. The summed E-state index contributed by atoms with van der Waals surface area (Å²) < 4.78 is 0. The van der Waals surface area contributed by atoms with Gasteiger partial charge in [0.1, 0.15) is 6.33 Å². The van der Waals surface area contributed by atoms with Gasteiger partial charge in [0.15, 0.2) is 0 Å². The van der Waals surface area contributed by atoms with Crippen LogP contribution in [0.2, 0.25) is 0 Å². The quantitative estimate of drug-likeness (QED) is 0.647. The van der Waals surface area contributed by atoms with E-state index in [0.29, 0.717) is 6.42 Å². The maximum atomic E-state index is 10.3. The molecule has 4 nitrogen and oxygen atoms in total. The third kappa shape index (κ3) is 7.76. The van der Waals surface area contributed by atoms with Crippen molar-refractivity contribution in [2.24, 2.45) is 0 Å². The zero-order valence-electron chi connectivity index (χ0n) is 10.8. The van der Waals surface area contributed by atoms with E-state index in [4.69, 9.17) is 5.11 Å².